The molecule has 1 aliphatic heterocycles. The first kappa shape index (κ1) is 23.3. The van der Waals surface area contributed by atoms with Gasteiger partial charge in [0.15, 0.2) is 0 Å². The Morgan fingerprint density at radius 2 is 1.71 bits per heavy atom. The van der Waals surface area contributed by atoms with Crippen LogP contribution in [0.15, 0.2) is 72.8 Å². The molecule has 3 N–H and O–H groups in total. The number of likely N-dealkylation sites (N-methyl/N-ethyl adjacent to an activating group) is 1. The maximum Gasteiger partial charge on any atom is 0.338 e. The van der Waals surface area contributed by atoms with Crippen LogP contribution >= 0.6 is 0 Å². The Balaban J connectivity index is 1.70. The van der Waals surface area contributed by atoms with Crippen LogP contribution in [0.3, 0.4) is 0 Å². The van der Waals surface area contributed by atoms with Gasteiger partial charge in [0, 0.05) is 11.3 Å². The molecule has 1 aliphatic rings. The highest BCUT2D eigenvalue weighted by molar-refractivity contribution is 6.37. The number of nitrogens with one attached hydrogen (secondary N) is 3. The van der Waals surface area contributed by atoms with E-state index in [4.69, 9.17) is 4.74 Å². The highest BCUT2D eigenvalue weighted by Gasteiger charge is 2.29. The molecule has 0 bridgehead atoms. The zero-order chi connectivity index (χ0) is 23.9. The molecule has 0 aliphatic carbocycles. The van der Waals surface area contributed by atoms with Gasteiger partial charge in [0.2, 0.25) is 0 Å². The predicted molar refractivity (Wildman–Crippen MR) is 137 cm³/mol. The Kier molecular flexibility index (Phi) is 7.40. The number of benzene rings is 3. The second kappa shape index (κ2) is 10.8. The number of fused-ring (bicyclic) bond motifs is 1. The van der Waals surface area contributed by atoms with Gasteiger partial charge in [0.25, 0.3) is 5.91 Å². The summed E-state index contributed by atoms with van der Waals surface area (Å²) < 4.78 is 5.10. The smallest absolute Gasteiger partial charge is 0.338 e. The lowest BCUT2D eigenvalue weighted by Gasteiger charge is -2.15. The zero-order valence-corrected chi connectivity index (χ0v) is 19.5. The van der Waals surface area contributed by atoms with Gasteiger partial charge >= 0.3 is 5.97 Å². The molecule has 1 heterocycles. The summed E-state index contributed by atoms with van der Waals surface area (Å²) in [6.45, 7) is 6.05. The van der Waals surface area contributed by atoms with Gasteiger partial charge in [-0.25, -0.2) is 4.79 Å². The van der Waals surface area contributed by atoms with E-state index in [1.807, 2.05) is 42.5 Å². The van der Waals surface area contributed by atoms with E-state index < -0.39 is 5.97 Å². The van der Waals surface area contributed by atoms with Crippen LogP contribution in [0.4, 0.5) is 11.4 Å². The average molecular weight is 456 g/mol. The van der Waals surface area contributed by atoms with Crippen LogP contribution in [0.5, 0.6) is 0 Å². The Morgan fingerprint density at radius 3 is 2.41 bits per heavy atom. The van der Waals surface area contributed by atoms with Gasteiger partial charge in [-0.2, -0.15) is 0 Å². The summed E-state index contributed by atoms with van der Waals surface area (Å²) >= 11 is 0. The molecule has 0 saturated carbocycles. The highest BCUT2D eigenvalue weighted by Crippen LogP contribution is 2.38. The fourth-order valence-electron chi connectivity index (χ4n) is 3.95. The molecule has 0 radical (unpaired) electrons. The quantitative estimate of drug-likeness (QED) is 0.242. The lowest BCUT2D eigenvalue weighted by Crippen LogP contribution is -2.16. The van der Waals surface area contributed by atoms with Crippen LogP contribution in [-0.2, 0) is 16.0 Å². The lowest BCUT2D eigenvalue weighted by atomic mass is 9.99. The van der Waals surface area contributed by atoms with E-state index in [9.17, 15) is 9.59 Å². The fourth-order valence-corrected chi connectivity index (χ4v) is 3.95. The number of carbonyl (C=O) groups is 2. The number of esters is 1. The summed E-state index contributed by atoms with van der Waals surface area (Å²) in [6.07, 6.45) is 0.958. The highest BCUT2D eigenvalue weighted by atomic mass is 16.5. The van der Waals surface area contributed by atoms with Crippen LogP contribution in [0.2, 0.25) is 0 Å². The summed E-state index contributed by atoms with van der Waals surface area (Å²) in [5.41, 5.74) is 6.02. The van der Waals surface area contributed by atoms with Crippen LogP contribution in [0.25, 0.3) is 11.3 Å². The van der Waals surface area contributed by atoms with Crippen molar-refractivity contribution < 1.29 is 14.3 Å². The van der Waals surface area contributed by atoms with Crippen molar-refractivity contribution in [3.63, 3.8) is 0 Å². The number of hydrogen-bond donors (Lipinski definition) is 3. The number of ether oxygens (including phenoxy) is 1. The number of amides is 1. The molecule has 3 aromatic rings. The molecule has 34 heavy (non-hydrogen) atoms. The number of carbonyl (C=O) groups excluding carboxylic acids is 2. The van der Waals surface area contributed by atoms with Crippen molar-refractivity contribution in [1.29, 1.82) is 0 Å². The Labute approximate surface area is 200 Å². The normalized spacial score (nSPS) is 13.8. The van der Waals surface area contributed by atoms with E-state index in [1.54, 1.807) is 25.1 Å². The van der Waals surface area contributed by atoms with Gasteiger partial charge in [0.1, 0.15) is 0 Å². The van der Waals surface area contributed by atoms with E-state index in [2.05, 4.69) is 35.0 Å². The summed E-state index contributed by atoms with van der Waals surface area (Å²) in [6, 6.07) is 23.2. The van der Waals surface area contributed by atoms with Crippen molar-refractivity contribution in [3.8, 4) is 0 Å². The molecule has 0 unspecified atom stereocenters. The molecule has 0 spiro atoms. The Hall–Kier alpha value is -3.90. The minimum Gasteiger partial charge on any atom is -0.462 e. The van der Waals surface area contributed by atoms with E-state index in [0.717, 1.165) is 36.3 Å². The van der Waals surface area contributed by atoms with Crippen molar-refractivity contribution in [1.82, 2.24) is 5.32 Å². The lowest BCUT2D eigenvalue weighted by molar-refractivity contribution is -0.110. The first-order valence-corrected chi connectivity index (χ1v) is 11.6. The average Bonchev–Trinajstić information content (AvgIpc) is 3.19. The number of rotatable bonds is 9. The Bertz CT molecular complexity index is 1200. The number of hydrogen-bond acceptors (Lipinski definition) is 5. The molecule has 4 rings (SSSR count). The van der Waals surface area contributed by atoms with Crippen molar-refractivity contribution in [2.75, 3.05) is 30.3 Å². The number of anilines is 2. The molecule has 3 aromatic carbocycles. The monoisotopic (exact) mass is 455 g/mol. The molecule has 0 saturated heterocycles. The molecule has 1 amide bonds. The minimum atomic E-state index is -0.410. The molecule has 0 fully saturated rings. The van der Waals surface area contributed by atoms with E-state index >= 15 is 0 Å². The largest absolute Gasteiger partial charge is 0.462 e. The third-order valence-corrected chi connectivity index (χ3v) is 5.65. The van der Waals surface area contributed by atoms with Gasteiger partial charge < -0.3 is 20.7 Å². The predicted octanol–water partition coefficient (Wildman–Crippen LogP) is 4.95. The van der Waals surface area contributed by atoms with Crippen molar-refractivity contribution >= 4 is 34.5 Å². The Morgan fingerprint density at radius 1 is 0.941 bits per heavy atom. The SMILES string of the molecule is CCNCCc1ccc(NC(=C2C(=O)Nc3cc(C(=O)OCC)ccc32)c2ccccc2)cc1. The molecular weight excluding hydrogens is 426 g/mol. The first-order valence-electron chi connectivity index (χ1n) is 11.6. The third kappa shape index (κ3) is 5.18. The second-order valence-electron chi connectivity index (χ2n) is 7.98. The van der Waals surface area contributed by atoms with E-state index in [0.29, 0.717) is 29.1 Å². The van der Waals surface area contributed by atoms with Crippen molar-refractivity contribution in [2.24, 2.45) is 0 Å². The fraction of sp³-hybridized carbons (Fsp3) is 0.214. The maximum atomic E-state index is 13.1. The van der Waals surface area contributed by atoms with E-state index in [1.165, 1.54) is 5.56 Å². The molecule has 0 aromatic heterocycles. The van der Waals surface area contributed by atoms with Crippen LogP contribution < -0.4 is 16.0 Å². The third-order valence-electron chi connectivity index (χ3n) is 5.65. The molecule has 174 valence electrons. The maximum absolute atomic E-state index is 13.1. The van der Waals surface area contributed by atoms with Gasteiger partial charge in [-0.3, -0.25) is 4.79 Å². The van der Waals surface area contributed by atoms with Gasteiger partial charge in [-0.15, -0.1) is 0 Å². The van der Waals surface area contributed by atoms with E-state index in [-0.39, 0.29) is 5.91 Å². The first-order chi connectivity index (χ1) is 16.6. The summed E-state index contributed by atoms with van der Waals surface area (Å²) in [4.78, 5) is 25.3. The standard InChI is InChI=1S/C28H29N3O3/c1-3-29-17-16-19-10-13-22(14-11-19)30-26(20-8-6-5-7-9-20)25-23-15-12-21(28(33)34-4-2)18-24(23)31-27(25)32/h5-15,18,29-30H,3-4,16-17H2,1-2H3,(H,31,32). The van der Waals surface area contributed by atoms with Crippen LogP contribution in [0, 0.1) is 0 Å². The van der Waals surface area contributed by atoms with Gasteiger partial charge in [-0.05, 0) is 61.8 Å². The van der Waals surface area contributed by atoms with Crippen molar-refractivity contribution in [3.05, 3.63) is 95.1 Å². The molecule has 6 heteroatoms. The second-order valence-corrected chi connectivity index (χ2v) is 7.98. The van der Waals surface area contributed by atoms with Crippen LogP contribution in [-0.4, -0.2) is 31.6 Å². The zero-order valence-electron chi connectivity index (χ0n) is 19.5. The summed E-state index contributed by atoms with van der Waals surface area (Å²) in [7, 11) is 0. The molecule has 6 nitrogen and oxygen atoms in total. The van der Waals surface area contributed by atoms with Crippen molar-refractivity contribution in [2.45, 2.75) is 20.3 Å². The molecular formula is C28H29N3O3. The molecule has 0 atom stereocenters. The summed E-state index contributed by atoms with van der Waals surface area (Å²) in [5, 5.41) is 9.72. The minimum absolute atomic E-state index is 0.218. The topological polar surface area (TPSA) is 79.5 Å². The van der Waals surface area contributed by atoms with Gasteiger partial charge in [-0.1, -0.05) is 55.5 Å². The summed E-state index contributed by atoms with van der Waals surface area (Å²) in [5.74, 6) is -0.628. The van der Waals surface area contributed by atoms with Crippen LogP contribution in [0.1, 0.15) is 40.9 Å². The van der Waals surface area contributed by atoms with Gasteiger partial charge in [0.05, 0.1) is 29.1 Å².